The van der Waals surface area contributed by atoms with Crippen LogP contribution in [0.15, 0.2) is 12.3 Å². The number of hydrogen-bond donors (Lipinski definition) is 2. The molecule has 1 aliphatic rings. The summed E-state index contributed by atoms with van der Waals surface area (Å²) in [6, 6.07) is 2.20. The van der Waals surface area contributed by atoms with Gasteiger partial charge < -0.3 is 11.1 Å². The van der Waals surface area contributed by atoms with Crippen LogP contribution in [0.4, 0.5) is 11.8 Å². The molecule has 1 aliphatic carbocycles. The zero-order valence-corrected chi connectivity index (χ0v) is 10.3. The fourth-order valence-electron chi connectivity index (χ4n) is 2.11. The largest absolute Gasteiger partial charge is 0.384 e. The van der Waals surface area contributed by atoms with Gasteiger partial charge in [-0.25, -0.2) is 4.98 Å². The van der Waals surface area contributed by atoms with Gasteiger partial charge in [0.1, 0.15) is 5.82 Å². The van der Waals surface area contributed by atoms with E-state index in [2.05, 4.69) is 22.2 Å². The van der Waals surface area contributed by atoms with Gasteiger partial charge in [0.25, 0.3) is 0 Å². The third-order valence-corrected chi connectivity index (χ3v) is 4.15. The molecule has 1 fully saturated rings. The molecule has 0 radical (unpaired) electrons. The maximum atomic E-state index is 5.63. The van der Waals surface area contributed by atoms with Crippen molar-refractivity contribution in [2.24, 2.45) is 0 Å². The van der Waals surface area contributed by atoms with Crippen molar-refractivity contribution in [3.8, 4) is 0 Å². The first kappa shape index (κ1) is 11.5. The quantitative estimate of drug-likeness (QED) is 0.841. The first-order valence-corrected chi connectivity index (χ1v) is 6.81. The molecular weight excluding hydrogens is 220 g/mol. The zero-order valence-electron chi connectivity index (χ0n) is 9.52. The van der Waals surface area contributed by atoms with Gasteiger partial charge in [0.2, 0.25) is 5.95 Å². The molecule has 2 rings (SSSR count). The predicted molar refractivity (Wildman–Crippen MR) is 69.6 cm³/mol. The minimum atomic E-state index is 0.492. The number of rotatable bonds is 4. The van der Waals surface area contributed by atoms with Gasteiger partial charge in [-0.15, -0.1) is 0 Å². The summed E-state index contributed by atoms with van der Waals surface area (Å²) >= 11 is 2.02. The first-order chi connectivity index (χ1) is 7.79. The summed E-state index contributed by atoms with van der Waals surface area (Å²) in [7, 11) is 0. The van der Waals surface area contributed by atoms with E-state index in [9.17, 15) is 0 Å². The van der Waals surface area contributed by atoms with Crippen LogP contribution in [0.2, 0.25) is 0 Å². The Hall–Kier alpha value is -0.970. The highest BCUT2D eigenvalue weighted by atomic mass is 32.2. The number of hydrogen-bond acceptors (Lipinski definition) is 5. The fraction of sp³-hybridized carbons (Fsp3) is 0.636. The molecule has 0 amide bonds. The van der Waals surface area contributed by atoms with E-state index < -0.39 is 0 Å². The summed E-state index contributed by atoms with van der Waals surface area (Å²) in [6.45, 7) is 2.21. The van der Waals surface area contributed by atoms with Crippen molar-refractivity contribution in [2.45, 2.75) is 37.5 Å². The molecule has 1 aromatic rings. The predicted octanol–water partition coefficient (Wildman–Crippen LogP) is 2.14. The number of nitrogens with two attached hydrogens (primary N) is 1. The number of aromatic nitrogens is 2. The van der Waals surface area contributed by atoms with Gasteiger partial charge in [0, 0.05) is 17.5 Å². The lowest BCUT2D eigenvalue weighted by Gasteiger charge is -2.19. The summed E-state index contributed by atoms with van der Waals surface area (Å²) in [5.41, 5.74) is 5.63. The average molecular weight is 238 g/mol. The second-order valence-electron chi connectivity index (χ2n) is 3.98. The zero-order chi connectivity index (χ0) is 11.4. The molecule has 0 saturated heterocycles. The van der Waals surface area contributed by atoms with Gasteiger partial charge in [0.15, 0.2) is 0 Å². The van der Waals surface area contributed by atoms with Crippen LogP contribution >= 0.6 is 11.8 Å². The Morgan fingerprint density at radius 2 is 2.44 bits per heavy atom. The molecule has 1 saturated carbocycles. The van der Waals surface area contributed by atoms with Crippen molar-refractivity contribution in [3.63, 3.8) is 0 Å². The summed E-state index contributed by atoms with van der Waals surface area (Å²) in [5.74, 6) is 2.35. The molecule has 5 heteroatoms. The number of nitrogens with zero attached hydrogens (tertiary/aromatic N) is 2. The summed E-state index contributed by atoms with van der Waals surface area (Å²) in [6.07, 6.45) is 5.48. The molecule has 3 N–H and O–H groups in total. The van der Waals surface area contributed by atoms with Crippen molar-refractivity contribution in [3.05, 3.63) is 12.3 Å². The van der Waals surface area contributed by atoms with Crippen LogP contribution in [0.25, 0.3) is 0 Å². The van der Waals surface area contributed by atoms with Crippen molar-refractivity contribution in [1.82, 2.24) is 9.97 Å². The Morgan fingerprint density at radius 1 is 1.56 bits per heavy atom. The van der Waals surface area contributed by atoms with Gasteiger partial charge in [-0.05, 0) is 24.7 Å². The molecular formula is C11H18N4S. The molecule has 88 valence electrons. The molecule has 0 aliphatic heterocycles. The van der Waals surface area contributed by atoms with Gasteiger partial charge in [0.05, 0.1) is 0 Å². The SMILES string of the molecule is CCSC1CCCC1Nc1nccc(N)n1. The number of anilines is 2. The number of nitrogens with one attached hydrogen (secondary N) is 1. The monoisotopic (exact) mass is 238 g/mol. The molecule has 0 bridgehead atoms. The Bertz CT molecular complexity index is 345. The van der Waals surface area contributed by atoms with Crippen molar-refractivity contribution in [1.29, 1.82) is 0 Å². The van der Waals surface area contributed by atoms with Gasteiger partial charge in [-0.1, -0.05) is 13.3 Å². The molecule has 0 spiro atoms. The Balaban J connectivity index is 1.98. The van der Waals surface area contributed by atoms with E-state index in [-0.39, 0.29) is 0 Å². The highest BCUT2D eigenvalue weighted by Gasteiger charge is 2.27. The minimum absolute atomic E-state index is 0.492. The standard InChI is InChI=1S/C11H18N4S/c1-2-16-9-5-3-4-8(9)14-11-13-7-6-10(12)15-11/h6-9H,2-5H2,1H3,(H3,12,13,14,15). The lowest BCUT2D eigenvalue weighted by molar-refractivity contribution is 0.756. The second kappa shape index (κ2) is 5.39. The molecule has 2 atom stereocenters. The van der Waals surface area contributed by atoms with E-state index in [0.29, 0.717) is 23.1 Å². The van der Waals surface area contributed by atoms with Gasteiger partial charge in [-0.3, -0.25) is 0 Å². The fourth-order valence-corrected chi connectivity index (χ4v) is 3.31. The highest BCUT2D eigenvalue weighted by molar-refractivity contribution is 7.99. The normalized spacial score (nSPS) is 24.6. The highest BCUT2D eigenvalue weighted by Crippen LogP contribution is 2.31. The third kappa shape index (κ3) is 2.78. The number of nitrogen functional groups attached to an aromatic ring is 1. The van der Waals surface area contributed by atoms with E-state index in [1.807, 2.05) is 11.8 Å². The van der Waals surface area contributed by atoms with Crippen LogP contribution in [-0.2, 0) is 0 Å². The molecule has 2 unspecified atom stereocenters. The summed E-state index contributed by atoms with van der Waals surface area (Å²) < 4.78 is 0. The van der Waals surface area contributed by atoms with E-state index >= 15 is 0 Å². The molecule has 4 nitrogen and oxygen atoms in total. The van der Waals surface area contributed by atoms with Crippen molar-refractivity contribution in [2.75, 3.05) is 16.8 Å². The van der Waals surface area contributed by atoms with E-state index in [4.69, 9.17) is 5.73 Å². The topological polar surface area (TPSA) is 63.8 Å². The Morgan fingerprint density at radius 3 is 3.19 bits per heavy atom. The second-order valence-corrected chi connectivity index (χ2v) is 5.50. The number of thioether (sulfide) groups is 1. The molecule has 1 aromatic heterocycles. The Kier molecular flexibility index (Phi) is 3.88. The van der Waals surface area contributed by atoms with Crippen LogP contribution in [0.5, 0.6) is 0 Å². The smallest absolute Gasteiger partial charge is 0.224 e. The van der Waals surface area contributed by atoms with E-state index in [1.54, 1.807) is 12.3 Å². The summed E-state index contributed by atoms with van der Waals surface area (Å²) in [5, 5.41) is 4.08. The first-order valence-electron chi connectivity index (χ1n) is 5.76. The summed E-state index contributed by atoms with van der Waals surface area (Å²) in [4.78, 5) is 8.36. The maximum Gasteiger partial charge on any atom is 0.224 e. The minimum Gasteiger partial charge on any atom is -0.384 e. The molecule has 16 heavy (non-hydrogen) atoms. The molecule has 1 heterocycles. The van der Waals surface area contributed by atoms with Crippen LogP contribution in [0, 0.1) is 0 Å². The van der Waals surface area contributed by atoms with Crippen LogP contribution < -0.4 is 11.1 Å². The van der Waals surface area contributed by atoms with Gasteiger partial charge in [-0.2, -0.15) is 16.7 Å². The lowest BCUT2D eigenvalue weighted by Crippen LogP contribution is -2.27. The van der Waals surface area contributed by atoms with E-state index in [0.717, 1.165) is 0 Å². The lowest BCUT2D eigenvalue weighted by atomic mass is 10.2. The third-order valence-electron chi connectivity index (χ3n) is 2.82. The van der Waals surface area contributed by atoms with Gasteiger partial charge >= 0.3 is 0 Å². The Labute approximate surface area is 100 Å². The van der Waals surface area contributed by atoms with Crippen molar-refractivity contribution < 1.29 is 0 Å². The van der Waals surface area contributed by atoms with E-state index in [1.165, 1.54) is 25.0 Å². The maximum absolute atomic E-state index is 5.63. The molecule has 0 aromatic carbocycles. The van der Waals surface area contributed by atoms with Crippen LogP contribution in [0.3, 0.4) is 0 Å². The van der Waals surface area contributed by atoms with Crippen molar-refractivity contribution >= 4 is 23.5 Å². The van der Waals surface area contributed by atoms with Crippen LogP contribution in [0.1, 0.15) is 26.2 Å². The van der Waals surface area contributed by atoms with Crippen LogP contribution in [-0.4, -0.2) is 27.0 Å². The average Bonchev–Trinajstić information content (AvgIpc) is 2.66.